The van der Waals surface area contributed by atoms with E-state index in [-0.39, 0.29) is 18.2 Å². The number of Topliss-reactive ketones (excluding diaryl/α,β-unsaturated/α-hetero) is 1. The van der Waals surface area contributed by atoms with Crippen LogP contribution in [0.5, 0.6) is 0 Å². The van der Waals surface area contributed by atoms with Gasteiger partial charge in [-0.25, -0.2) is 0 Å². The second kappa shape index (κ2) is 5.97. The number of carbonyl (C=O) groups is 2. The zero-order chi connectivity index (χ0) is 14.8. The minimum atomic E-state index is -0.0311. The molecule has 0 spiro atoms. The van der Waals surface area contributed by atoms with E-state index in [1.165, 1.54) is 0 Å². The van der Waals surface area contributed by atoms with Gasteiger partial charge in [-0.15, -0.1) is 0 Å². The highest BCUT2D eigenvalue weighted by Crippen LogP contribution is 2.27. The van der Waals surface area contributed by atoms with Crippen molar-refractivity contribution in [1.29, 1.82) is 0 Å². The van der Waals surface area contributed by atoms with Gasteiger partial charge in [0.05, 0.1) is 6.54 Å². The molecule has 0 unspecified atom stereocenters. The number of halogens is 1. The highest BCUT2D eigenvalue weighted by molar-refractivity contribution is 14.1. The Kier molecular flexibility index (Phi) is 4.05. The van der Waals surface area contributed by atoms with E-state index in [9.17, 15) is 9.59 Å². The Labute approximate surface area is 137 Å². The molecule has 1 amide bonds. The van der Waals surface area contributed by atoms with Gasteiger partial charge in [0, 0.05) is 21.2 Å². The lowest BCUT2D eigenvalue weighted by Crippen LogP contribution is -2.39. The van der Waals surface area contributed by atoms with Crippen LogP contribution in [0.2, 0.25) is 0 Å². The van der Waals surface area contributed by atoms with Crippen molar-refractivity contribution >= 4 is 40.0 Å². The number of nitrogens with zero attached hydrogens (tertiary/aromatic N) is 1. The second-order valence-corrected chi connectivity index (χ2v) is 6.28. The molecule has 0 N–H and O–H groups in total. The second-order valence-electron chi connectivity index (χ2n) is 5.04. The molecule has 0 bridgehead atoms. The van der Waals surface area contributed by atoms with Crippen LogP contribution in [0.15, 0.2) is 48.5 Å². The van der Waals surface area contributed by atoms with Gasteiger partial charge in [-0.3, -0.25) is 9.59 Å². The Morgan fingerprint density at radius 1 is 1.05 bits per heavy atom. The predicted octanol–water partition coefficient (Wildman–Crippen LogP) is 3.45. The molecule has 3 rings (SSSR count). The molecular formula is C17H14INO2. The summed E-state index contributed by atoms with van der Waals surface area (Å²) >= 11 is 2.20. The summed E-state index contributed by atoms with van der Waals surface area (Å²) in [6.45, 7) is 0.108. The average Bonchev–Trinajstić information content (AvgIpc) is 2.51. The van der Waals surface area contributed by atoms with E-state index in [2.05, 4.69) is 22.6 Å². The molecular weight excluding hydrogens is 377 g/mol. The number of ketones is 1. The van der Waals surface area contributed by atoms with Gasteiger partial charge in [0.2, 0.25) is 5.91 Å². The molecule has 0 radical (unpaired) electrons. The van der Waals surface area contributed by atoms with Crippen LogP contribution in [0, 0.1) is 3.57 Å². The van der Waals surface area contributed by atoms with Crippen LogP contribution in [0.3, 0.4) is 0 Å². The van der Waals surface area contributed by atoms with Crippen LogP contribution >= 0.6 is 22.6 Å². The van der Waals surface area contributed by atoms with Crippen molar-refractivity contribution in [3.05, 3.63) is 63.2 Å². The number of rotatable bonds is 3. The fraction of sp³-hybridized carbons (Fsp3) is 0.176. The molecule has 3 nitrogen and oxygen atoms in total. The van der Waals surface area contributed by atoms with E-state index in [0.29, 0.717) is 12.0 Å². The third-order valence-corrected chi connectivity index (χ3v) is 4.38. The summed E-state index contributed by atoms with van der Waals surface area (Å²) in [5, 5.41) is 0. The highest BCUT2D eigenvalue weighted by atomic mass is 127. The van der Waals surface area contributed by atoms with Crippen LogP contribution in [-0.4, -0.2) is 18.2 Å². The Bertz CT molecular complexity index is 694. The smallest absolute Gasteiger partial charge is 0.227 e. The first kappa shape index (κ1) is 14.3. The largest absolute Gasteiger partial charge is 0.304 e. The number of aryl methyl sites for hydroxylation is 1. The van der Waals surface area contributed by atoms with Crippen LogP contribution in [0.4, 0.5) is 5.69 Å². The maximum Gasteiger partial charge on any atom is 0.227 e. The summed E-state index contributed by atoms with van der Waals surface area (Å²) in [4.78, 5) is 26.1. The topological polar surface area (TPSA) is 37.4 Å². The van der Waals surface area contributed by atoms with Gasteiger partial charge < -0.3 is 4.90 Å². The van der Waals surface area contributed by atoms with Crippen molar-refractivity contribution in [2.75, 3.05) is 11.4 Å². The van der Waals surface area contributed by atoms with Gasteiger partial charge >= 0.3 is 0 Å². The highest BCUT2D eigenvalue weighted by Gasteiger charge is 2.25. The summed E-state index contributed by atoms with van der Waals surface area (Å²) < 4.78 is 1.09. The predicted molar refractivity (Wildman–Crippen MR) is 90.6 cm³/mol. The van der Waals surface area contributed by atoms with Gasteiger partial charge in [0.25, 0.3) is 0 Å². The van der Waals surface area contributed by atoms with E-state index in [0.717, 1.165) is 21.2 Å². The normalized spacial score (nSPS) is 14.0. The van der Waals surface area contributed by atoms with E-state index in [4.69, 9.17) is 0 Å². The van der Waals surface area contributed by atoms with Crippen LogP contribution in [-0.2, 0) is 11.2 Å². The standard InChI is InChI=1S/C17H14INO2/c18-14-8-5-13(6-9-14)16(20)11-19-15-4-2-1-3-12(15)7-10-17(19)21/h1-6,8-9H,7,10-11H2. The van der Waals surface area contributed by atoms with E-state index < -0.39 is 0 Å². The van der Waals surface area contributed by atoms with E-state index >= 15 is 0 Å². The number of fused-ring (bicyclic) bond motifs is 1. The fourth-order valence-corrected chi connectivity index (χ4v) is 2.90. The first-order chi connectivity index (χ1) is 10.1. The Morgan fingerprint density at radius 2 is 1.76 bits per heavy atom. The number of hydrogen-bond donors (Lipinski definition) is 0. The molecule has 0 atom stereocenters. The Morgan fingerprint density at radius 3 is 2.52 bits per heavy atom. The molecule has 0 aromatic heterocycles. The molecule has 1 heterocycles. The van der Waals surface area contributed by atoms with Crippen LogP contribution < -0.4 is 4.90 Å². The number of amides is 1. The van der Waals surface area contributed by atoms with Crippen molar-refractivity contribution in [1.82, 2.24) is 0 Å². The average molecular weight is 391 g/mol. The fourth-order valence-electron chi connectivity index (χ4n) is 2.54. The van der Waals surface area contributed by atoms with Crippen molar-refractivity contribution in [2.45, 2.75) is 12.8 Å². The molecule has 21 heavy (non-hydrogen) atoms. The number of anilines is 1. The summed E-state index contributed by atoms with van der Waals surface area (Å²) in [6, 6.07) is 15.2. The van der Waals surface area contributed by atoms with Crippen molar-refractivity contribution in [3.63, 3.8) is 0 Å². The molecule has 1 aliphatic rings. The number of para-hydroxylation sites is 1. The number of benzene rings is 2. The Hall–Kier alpha value is -1.69. The monoisotopic (exact) mass is 391 g/mol. The summed E-state index contributed by atoms with van der Waals surface area (Å²) in [7, 11) is 0. The SMILES string of the molecule is O=C(CN1C(=O)CCc2ccccc21)c1ccc(I)cc1. The van der Waals surface area contributed by atoms with Gasteiger partial charge in [-0.1, -0.05) is 30.3 Å². The Balaban J connectivity index is 1.85. The molecule has 0 fully saturated rings. The third kappa shape index (κ3) is 3.00. The maximum atomic E-state index is 12.4. The van der Waals surface area contributed by atoms with Crippen molar-refractivity contribution < 1.29 is 9.59 Å². The van der Waals surface area contributed by atoms with Gasteiger partial charge in [0.1, 0.15) is 0 Å². The van der Waals surface area contributed by atoms with Gasteiger partial charge in [-0.05, 0) is 52.8 Å². The van der Waals surface area contributed by atoms with E-state index in [1.54, 1.807) is 4.90 Å². The summed E-state index contributed by atoms with van der Waals surface area (Å²) in [6.07, 6.45) is 1.22. The number of hydrogen-bond acceptors (Lipinski definition) is 2. The molecule has 1 aliphatic heterocycles. The zero-order valence-corrected chi connectivity index (χ0v) is 13.5. The number of carbonyl (C=O) groups excluding carboxylic acids is 2. The van der Waals surface area contributed by atoms with Gasteiger partial charge in [0.15, 0.2) is 5.78 Å². The molecule has 2 aromatic carbocycles. The molecule has 0 aliphatic carbocycles. The molecule has 0 saturated carbocycles. The van der Waals surface area contributed by atoms with Gasteiger partial charge in [-0.2, -0.15) is 0 Å². The summed E-state index contributed by atoms with van der Waals surface area (Å²) in [5.41, 5.74) is 2.64. The zero-order valence-electron chi connectivity index (χ0n) is 11.4. The van der Waals surface area contributed by atoms with Crippen molar-refractivity contribution in [3.8, 4) is 0 Å². The van der Waals surface area contributed by atoms with E-state index in [1.807, 2.05) is 48.5 Å². The maximum absolute atomic E-state index is 12.4. The minimum absolute atomic E-state index is 0.0209. The molecule has 0 saturated heterocycles. The molecule has 2 aromatic rings. The lowest BCUT2D eigenvalue weighted by molar-refractivity contribution is -0.118. The minimum Gasteiger partial charge on any atom is -0.304 e. The third-order valence-electron chi connectivity index (χ3n) is 3.66. The van der Waals surface area contributed by atoms with Crippen LogP contribution in [0.25, 0.3) is 0 Å². The molecule has 106 valence electrons. The first-order valence-electron chi connectivity index (χ1n) is 6.82. The van der Waals surface area contributed by atoms with Crippen molar-refractivity contribution in [2.24, 2.45) is 0 Å². The quantitative estimate of drug-likeness (QED) is 0.594. The van der Waals surface area contributed by atoms with Crippen LogP contribution in [0.1, 0.15) is 22.3 Å². The lowest BCUT2D eigenvalue weighted by atomic mass is 10.0. The summed E-state index contributed by atoms with van der Waals surface area (Å²) in [5.74, 6) is -0.0102. The lowest BCUT2D eigenvalue weighted by Gasteiger charge is -2.28. The first-order valence-corrected chi connectivity index (χ1v) is 7.90. The molecule has 4 heteroatoms.